The summed E-state index contributed by atoms with van der Waals surface area (Å²) in [5.41, 5.74) is 6.57. The Morgan fingerprint density at radius 1 is 0.607 bits per heavy atom. The van der Waals surface area contributed by atoms with Crippen molar-refractivity contribution in [1.29, 1.82) is 0 Å². The maximum atomic E-state index is 10.5. The van der Waals surface area contributed by atoms with E-state index in [1.54, 1.807) is 0 Å². The van der Waals surface area contributed by atoms with Crippen molar-refractivity contribution in [2.75, 3.05) is 0 Å². The molecule has 0 radical (unpaired) electrons. The molecule has 0 fully saturated rings. The molecule has 0 saturated heterocycles. The first-order chi connectivity index (χ1) is 12.6. The van der Waals surface area contributed by atoms with Crippen LogP contribution in [-0.2, 0) is 10.8 Å². The van der Waals surface area contributed by atoms with Crippen molar-refractivity contribution < 1.29 is 10.2 Å². The summed E-state index contributed by atoms with van der Waals surface area (Å²) in [5, 5.41) is 20.9. The van der Waals surface area contributed by atoms with Crippen molar-refractivity contribution >= 4 is 0 Å². The highest BCUT2D eigenvalue weighted by atomic mass is 16.3. The Morgan fingerprint density at radius 2 is 0.893 bits per heavy atom. The fraction of sp³-hybridized carbons (Fsp3) is 0.538. The van der Waals surface area contributed by atoms with Gasteiger partial charge in [0.05, 0.1) is 0 Å². The molecular weight excluding hydrogens is 344 g/mol. The molecule has 2 rings (SSSR count). The molecule has 2 atom stereocenters. The first-order valence-corrected chi connectivity index (χ1v) is 10.3. The lowest BCUT2D eigenvalue weighted by Gasteiger charge is -2.29. The number of hydrogen-bond donors (Lipinski definition) is 2. The predicted octanol–water partition coefficient (Wildman–Crippen LogP) is 7.22. The smallest absolute Gasteiger partial charge is 0.119 e. The van der Waals surface area contributed by atoms with Crippen LogP contribution in [0.2, 0.25) is 0 Å². The van der Waals surface area contributed by atoms with Crippen LogP contribution in [0.4, 0.5) is 0 Å². The molecule has 2 nitrogen and oxygen atoms in total. The van der Waals surface area contributed by atoms with Crippen molar-refractivity contribution in [2.45, 2.75) is 91.9 Å². The summed E-state index contributed by atoms with van der Waals surface area (Å²) in [6.45, 7) is 21.5. The van der Waals surface area contributed by atoms with Crippen LogP contribution in [-0.4, -0.2) is 10.2 Å². The SMILES string of the molecule is Cc1cc(O)c(C(C)(C)C)cc1C(C)C(C)c1cc(C(C)(C)C)c(O)cc1C. The van der Waals surface area contributed by atoms with Crippen molar-refractivity contribution in [2.24, 2.45) is 0 Å². The molecule has 28 heavy (non-hydrogen) atoms. The van der Waals surface area contributed by atoms with Crippen LogP contribution in [0.5, 0.6) is 11.5 Å². The van der Waals surface area contributed by atoms with Gasteiger partial charge in [0.15, 0.2) is 0 Å². The first kappa shape index (κ1) is 22.3. The molecule has 2 aromatic rings. The van der Waals surface area contributed by atoms with E-state index in [9.17, 15) is 10.2 Å². The van der Waals surface area contributed by atoms with Gasteiger partial charge in [-0.25, -0.2) is 0 Å². The summed E-state index contributed by atoms with van der Waals surface area (Å²) in [6.07, 6.45) is 0. The average molecular weight is 383 g/mol. The number of phenols is 2. The van der Waals surface area contributed by atoms with Crippen LogP contribution in [0.3, 0.4) is 0 Å². The molecule has 2 unspecified atom stereocenters. The lowest BCUT2D eigenvalue weighted by Crippen LogP contribution is -2.16. The Morgan fingerprint density at radius 3 is 1.14 bits per heavy atom. The van der Waals surface area contributed by atoms with Gasteiger partial charge in [-0.1, -0.05) is 67.5 Å². The minimum absolute atomic E-state index is 0.108. The average Bonchev–Trinajstić information content (AvgIpc) is 2.51. The zero-order valence-corrected chi connectivity index (χ0v) is 19.4. The van der Waals surface area contributed by atoms with E-state index in [0.29, 0.717) is 11.5 Å². The molecule has 0 aliphatic carbocycles. The second-order valence-electron chi connectivity index (χ2n) is 10.5. The third-order valence-corrected chi connectivity index (χ3v) is 6.12. The van der Waals surface area contributed by atoms with Gasteiger partial charge in [0.25, 0.3) is 0 Å². The normalized spacial score (nSPS) is 14.8. The van der Waals surface area contributed by atoms with Gasteiger partial charge in [0.1, 0.15) is 11.5 Å². The van der Waals surface area contributed by atoms with E-state index in [4.69, 9.17) is 0 Å². The molecule has 2 heteroatoms. The van der Waals surface area contributed by atoms with E-state index in [2.05, 4.69) is 81.4 Å². The highest BCUT2D eigenvalue weighted by Gasteiger charge is 2.26. The third-order valence-electron chi connectivity index (χ3n) is 6.12. The van der Waals surface area contributed by atoms with Gasteiger partial charge in [-0.3, -0.25) is 0 Å². The highest BCUT2D eigenvalue weighted by molar-refractivity contribution is 5.49. The van der Waals surface area contributed by atoms with Crippen LogP contribution in [0.15, 0.2) is 24.3 Å². The number of benzene rings is 2. The molecule has 154 valence electrons. The monoisotopic (exact) mass is 382 g/mol. The maximum absolute atomic E-state index is 10.5. The third kappa shape index (κ3) is 4.37. The summed E-state index contributed by atoms with van der Waals surface area (Å²) >= 11 is 0. The van der Waals surface area contributed by atoms with Gasteiger partial charge in [0, 0.05) is 0 Å². The molecular formula is C26H38O2. The Bertz CT molecular complexity index is 790. The standard InChI is InChI=1S/C26H38O2/c1-15-11-23(27)21(25(5,6)7)13-19(15)17(3)18(4)20-14-22(26(8,9)10)24(28)12-16(20)2/h11-14,17-18,27-28H,1-10H3. The van der Waals surface area contributed by atoms with Crippen LogP contribution in [0.25, 0.3) is 0 Å². The maximum Gasteiger partial charge on any atom is 0.119 e. The van der Waals surface area contributed by atoms with E-state index in [1.165, 1.54) is 11.1 Å². The Labute approximate surface area is 171 Å². The zero-order valence-electron chi connectivity index (χ0n) is 19.4. The van der Waals surface area contributed by atoms with Crippen LogP contribution < -0.4 is 0 Å². The Balaban J connectivity index is 2.56. The van der Waals surface area contributed by atoms with E-state index >= 15 is 0 Å². The second-order valence-corrected chi connectivity index (χ2v) is 10.5. The van der Waals surface area contributed by atoms with E-state index in [-0.39, 0.29) is 22.7 Å². The second kappa shape index (κ2) is 7.46. The fourth-order valence-corrected chi connectivity index (χ4v) is 4.14. The molecule has 0 spiro atoms. The van der Waals surface area contributed by atoms with Gasteiger partial charge < -0.3 is 10.2 Å². The van der Waals surface area contributed by atoms with Crippen LogP contribution in [0, 0.1) is 13.8 Å². The molecule has 2 N–H and O–H groups in total. The molecule has 0 aromatic heterocycles. The van der Waals surface area contributed by atoms with Gasteiger partial charge in [-0.05, 0) is 82.0 Å². The predicted molar refractivity (Wildman–Crippen MR) is 120 cm³/mol. The molecule has 0 heterocycles. The number of hydrogen-bond acceptors (Lipinski definition) is 2. The van der Waals surface area contributed by atoms with Gasteiger partial charge in [-0.15, -0.1) is 0 Å². The lowest BCUT2D eigenvalue weighted by molar-refractivity contribution is 0.443. The molecule has 0 bridgehead atoms. The number of phenolic OH excluding ortho intramolecular Hbond substituents is 2. The Hall–Kier alpha value is -1.96. The Kier molecular flexibility index (Phi) is 5.95. The summed E-state index contributed by atoms with van der Waals surface area (Å²) in [7, 11) is 0. The number of aryl methyl sites for hydroxylation is 2. The number of aromatic hydroxyl groups is 2. The van der Waals surface area contributed by atoms with Crippen LogP contribution in [0.1, 0.15) is 101 Å². The largest absolute Gasteiger partial charge is 0.508 e. The highest BCUT2D eigenvalue weighted by Crippen LogP contribution is 2.42. The molecule has 2 aromatic carbocycles. The van der Waals surface area contributed by atoms with E-state index < -0.39 is 0 Å². The summed E-state index contributed by atoms with van der Waals surface area (Å²) in [5.74, 6) is 1.34. The van der Waals surface area contributed by atoms with Crippen LogP contribution >= 0.6 is 0 Å². The first-order valence-electron chi connectivity index (χ1n) is 10.3. The van der Waals surface area contributed by atoms with Gasteiger partial charge in [-0.2, -0.15) is 0 Å². The lowest BCUT2D eigenvalue weighted by atomic mass is 9.76. The number of rotatable bonds is 3. The topological polar surface area (TPSA) is 40.5 Å². The van der Waals surface area contributed by atoms with Crippen molar-refractivity contribution in [3.63, 3.8) is 0 Å². The zero-order chi connectivity index (χ0) is 21.6. The minimum atomic E-state index is -0.108. The van der Waals surface area contributed by atoms with E-state index in [1.807, 2.05) is 12.1 Å². The summed E-state index contributed by atoms with van der Waals surface area (Å²) in [4.78, 5) is 0. The van der Waals surface area contributed by atoms with Gasteiger partial charge >= 0.3 is 0 Å². The quantitative estimate of drug-likeness (QED) is 0.588. The van der Waals surface area contributed by atoms with E-state index in [0.717, 1.165) is 22.3 Å². The van der Waals surface area contributed by atoms with Gasteiger partial charge in [0.2, 0.25) is 0 Å². The molecule has 0 saturated carbocycles. The fourth-order valence-electron chi connectivity index (χ4n) is 4.14. The van der Waals surface area contributed by atoms with Crippen molar-refractivity contribution in [1.82, 2.24) is 0 Å². The molecule has 0 aliphatic rings. The van der Waals surface area contributed by atoms with Crippen molar-refractivity contribution in [3.8, 4) is 11.5 Å². The summed E-state index contributed by atoms with van der Waals surface area (Å²) in [6, 6.07) is 8.19. The molecule has 0 amide bonds. The van der Waals surface area contributed by atoms with Crippen molar-refractivity contribution in [3.05, 3.63) is 57.6 Å². The summed E-state index contributed by atoms with van der Waals surface area (Å²) < 4.78 is 0. The molecule has 0 aliphatic heterocycles. The minimum Gasteiger partial charge on any atom is -0.508 e.